The van der Waals surface area contributed by atoms with E-state index in [1.807, 2.05) is 0 Å². The second-order valence-electron chi connectivity index (χ2n) is 2.48. The van der Waals surface area contributed by atoms with Gasteiger partial charge in [0.1, 0.15) is 0 Å². The first-order chi connectivity index (χ1) is 5.87. The summed E-state index contributed by atoms with van der Waals surface area (Å²) < 4.78 is 33.2. The van der Waals surface area contributed by atoms with Crippen LogP contribution in [-0.2, 0) is 19.6 Å². The SMILES string of the molecule is C=C(CCCS(=O)(=O)O)C(=O)OC.[NaH]. The van der Waals surface area contributed by atoms with Crippen LogP contribution in [0.2, 0.25) is 0 Å². The number of methoxy groups -OCH3 is 1. The third-order valence-electron chi connectivity index (χ3n) is 1.35. The standard InChI is InChI=1S/C7H12O5S.Na.H/c1-6(7(8)12-2)4-3-5-13(9,10)11;;/h1,3-5H2,2H3,(H,9,10,11);;. The molecular weight excluding hydrogens is 219 g/mol. The first kappa shape index (κ1) is 16.5. The maximum atomic E-state index is 10.7. The molecule has 0 aliphatic heterocycles. The van der Waals surface area contributed by atoms with Crippen LogP contribution in [0.25, 0.3) is 0 Å². The van der Waals surface area contributed by atoms with Crippen molar-refractivity contribution in [2.75, 3.05) is 12.9 Å². The monoisotopic (exact) mass is 232 g/mol. The van der Waals surface area contributed by atoms with Gasteiger partial charge in [0, 0.05) is 5.57 Å². The molecule has 1 N–H and O–H groups in total. The van der Waals surface area contributed by atoms with E-state index in [9.17, 15) is 13.2 Å². The van der Waals surface area contributed by atoms with Crippen molar-refractivity contribution in [1.82, 2.24) is 0 Å². The van der Waals surface area contributed by atoms with Crippen LogP contribution in [0.3, 0.4) is 0 Å². The van der Waals surface area contributed by atoms with Crippen LogP contribution < -0.4 is 0 Å². The molecule has 0 amide bonds. The van der Waals surface area contributed by atoms with Gasteiger partial charge in [0.25, 0.3) is 10.1 Å². The van der Waals surface area contributed by atoms with Crippen molar-refractivity contribution in [3.8, 4) is 0 Å². The van der Waals surface area contributed by atoms with Crippen molar-refractivity contribution in [2.24, 2.45) is 0 Å². The molecule has 0 saturated carbocycles. The molecule has 7 heteroatoms. The Morgan fingerprint density at radius 2 is 2.00 bits per heavy atom. The van der Waals surface area contributed by atoms with Crippen LogP contribution in [0.15, 0.2) is 12.2 Å². The van der Waals surface area contributed by atoms with Gasteiger partial charge in [-0.05, 0) is 12.8 Å². The summed E-state index contributed by atoms with van der Waals surface area (Å²) in [5.41, 5.74) is 0.200. The van der Waals surface area contributed by atoms with E-state index < -0.39 is 16.1 Å². The molecule has 0 saturated heterocycles. The zero-order valence-corrected chi connectivity index (χ0v) is 8.13. The maximum absolute atomic E-state index is 10.7. The minimum absolute atomic E-state index is 0. The van der Waals surface area contributed by atoms with E-state index in [1.54, 1.807) is 0 Å². The van der Waals surface area contributed by atoms with Gasteiger partial charge in [0.2, 0.25) is 0 Å². The van der Waals surface area contributed by atoms with Gasteiger partial charge in [-0.2, -0.15) is 8.42 Å². The molecule has 0 aromatic rings. The Labute approximate surface area is 106 Å². The van der Waals surface area contributed by atoms with Gasteiger partial charge in [-0.15, -0.1) is 0 Å². The van der Waals surface area contributed by atoms with Crippen molar-refractivity contribution >= 4 is 45.6 Å². The second-order valence-corrected chi connectivity index (χ2v) is 4.06. The first-order valence-corrected chi connectivity index (χ1v) is 5.19. The summed E-state index contributed by atoms with van der Waals surface area (Å²) in [5.74, 6) is -0.932. The van der Waals surface area contributed by atoms with Crippen molar-refractivity contribution < 1.29 is 22.5 Å². The van der Waals surface area contributed by atoms with Crippen molar-refractivity contribution in [3.63, 3.8) is 0 Å². The number of hydrogen-bond donors (Lipinski definition) is 1. The van der Waals surface area contributed by atoms with Crippen LogP contribution in [0.4, 0.5) is 0 Å². The predicted octanol–water partition coefficient (Wildman–Crippen LogP) is -0.265. The number of esters is 1. The molecule has 14 heavy (non-hydrogen) atoms. The Kier molecular flexibility index (Phi) is 8.77. The second kappa shape index (κ2) is 7.42. The summed E-state index contributed by atoms with van der Waals surface area (Å²) in [6, 6.07) is 0. The molecule has 0 fully saturated rings. The Morgan fingerprint density at radius 1 is 1.50 bits per heavy atom. The molecule has 0 atom stereocenters. The van der Waals surface area contributed by atoms with E-state index in [4.69, 9.17) is 4.55 Å². The first-order valence-electron chi connectivity index (χ1n) is 3.58. The van der Waals surface area contributed by atoms with Gasteiger partial charge in [0.05, 0.1) is 12.9 Å². The van der Waals surface area contributed by atoms with Gasteiger partial charge in [-0.1, -0.05) is 6.58 Å². The molecule has 0 heterocycles. The average molecular weight is 232 g/mol. The molecule has 0 bridgehead atoms. The fourth-order valence-corrected chi connectivity index (χ4v) is 1.22. The Morgan fingerprint density at radius 3 is 2.36 bits per heavy atom. The zero-order valence-electron chi connectivity index (χ0n) is 7.32. The molecule has 0 aliphatic carbocycles. The van der Waals surface area contributed by atoms with Gasteiger partial charge in [-0.3, -0.25) is 4.55 Å². The molecule has 5 nitrogen and oxygen atoms in total. The molecule has 78 valence electrons. The summed E-state index contributed by atoms with van der Waals surface area (Å²) in [5, 5.41) is 0. The molecule has 0 unspecified atom stereocenters. The van der Waals surface area contributed by atoms with Crippen molar-refractivity contribution in [1.29, 1.82) is 0 Å². The summed E-state index contributed by atoms with van der Waals surface area (Å²) in [4.78, 5) is 10.7. The van der Waals surface area contributed by atoms with Crippen LogP contribution in [0.5, 0.6) is 0 Å². The Hall–Kier alpha value is 0.120. The van der Waals surface area contributed by atoms with E-state index in [0.717, 1.165) is 0 Å². The summed E-state index contributed by atoms with van der Waals surface area (Å²) in [6.07, 6.45) is 0.360. The van der Waals surface area contributed by atoms with Crippen LogP contribution in [-0.4, -0.2) is 61.4 Å². The van der Waals surface area contributed by atoms with Gasteiger partial charge in [0.15, 0.2) is 0 Å². The van der Waals surface area contributed by atoms with Gasteiger partial charge >= 0.3 is 35.5 Å². The third-order valence-corrected chi connectivity index (χ3v) is 2.16. The average Bonchev–Trinajstić information content (AvgIpc) is 2.00. The minimum atomic E-state index is -3.95. The number of hydrogen-bond acceptors (Lipinski definition) is 4. The third kappa shape index (κ3) is 8.71. The molecule has 0 spiro atoms. The summed E-state index contributed by atoms with van der Waals surface area (Å²) >= 11 is 0. The number of rotatable bonds is 5. The van der Waals surface area contributed by atoms with E-state index in [0.29, 0.717) is 0 Å². The molecule has 0 aliphatic rings. The molecule has 0 aromatic carbocycles. The molecule has 0 aromatic heterocycles. The van der Waals surface area contributed by atoms with Crippen LogP contribution in [0, 0.1) is 0 Å². The fourth-order valence-electron chi connectivity index (χ4n) is 0.714. The molecule has 0 rings (SSSR count). The topological polar surface area (TPSA) is 80.7 Å². The molecule has 0 radical (unpaired) electrons. The normalized spacial score (nSPS) is 10.1. The zero-order chi connectivity index (χ0) is 10.5. The fraction of sp³-hybridized carbons (Fsp3) is 0.571. The van der Waals surface area contributed by atoms with Crippen LogP contribution >= 0.6 is 0 Å². The predicted molar refractivity (Wildman–Crippen MR) is 54.0 cm³/mol. The number of carbonyl (C=O) groups is 1. The summed E-state index contributed by atoms with van der Waals surface area (Å²) in [7, 11) is -2.73. The van der Waals surface area contributed by atoms with E-state index >= 15 is 0 Å². The van der Waals surface area contributed by atoms with Crippen molar-refractivity contribution in [3.05, 3.63) is 12.2 Å². The number of carbonyl (C=O) groups excluding carboxylic acids is 1. The van der Waals surface area contributed by atoms with E-state index in [2.05, 4.69) is 11.3 Å². The quantitative estimate of drug-likeness (QED) is 0.305. The van der Waals surface area contributed by atoms with Gasteiger partial charge < -0.3 is 4.74 Å². The van der Waals surface area contributed by atoms with Crippen molar-refractivity contribution in [2.45, 2.75) is 12.8 Å². The summed E-state index contributed by atoms with van der Waals surface area (Å²) in [6.45, 7) is 3.39. The Bertz CT molecular complexity index is 295. The Balaban J connectivity index is 0. The van der Waals surface area contributed by atoms with E-state index in [-0.39, 0.29) is 53.7 Å². The molecular formula is C7H13NaO5S. The van der Waals surface area contributed by atoms with Gasteiger partial charge in [-0.25, -0.2) is 4.79 Å². The number of ether oxygens (including phenoxy) is 1. The van der Waals surface area contributed by atoms with Crippen LogP contribution in [0.1, 0.15) is 12.8 Å². The van der Waals surface area contributed by atoms with E-state index in [1.165, 1.54) is 7.11 Å².